The van der Waals surface area contributed by atoms with Crippen LogP contribution < -0.4 is 4.74 Å². The third-order valence-corrected chi connectivity index (χ3v) is 5.02. The van der Waals surface area contributed by atoms with Crippen LogP contribution in [0.1, 0.15) is 49.1 Å². The molecule has 7 heteroatoms. The molecule has 0 radical (unpaired) electrons. The Labute approximate surface area is 171 Å². The number of nitrogens with zero attached hydrogens (tertiary/aromatic N) is 2. The first-order chi connectivity index (χ1) is 14.1. The minimum atomic E-state index is -0.932. The number of aliphatic hydroxyl groups excluding tert-OH is 2. The smallest absolute Gasteiger partial charge is 0.217 e. The van der Waals surface area contributed by atoms with E-state index in [1.54, 1.807) is 0 Å². The largest absolute Gasteiger partial charge is 0.494 e. The molecule has 1 aliphatic heterocycles. The fraction of sp³-hybridized carbons (Fsp3) is 0.545. The van der Waals surface area contributed by atoms with E-state index in [1.807, 2.05) is 37.3 Å². The number of hydrogen-bond acceptors (Lipinski definition) is 7. The van der Waals surface area contributed by atoms with E-state index in [0.29, 0.717) is 12.5 Å². The van der Waals surface area contributed by atoms with Gasteiger partial charge in [0.1, 0.15) is 23.7 Å². The second kappa shape index (κ2) is 10.4. The Balaban J connectivity index is 1.30. The summed E-state index contributed by atoms with van der Waals surface area (Å²) in [5.74, 6) is 2.23. The molecule has 0 fully saturated rings. The van der Waals surface area contributed by atoms with E-state index in [2.05, 4.69) is 10.1 Å². The zero-order chi connectivity index (χ0) is 20.5. The minimum absolute atomic E-state index is 0.186. The topological polar surface area (TPSA) is 97.3 Å². The highest BCUT2D eigenvalue weighted by Crippen LogP contribution is 2.22. The zero-order valence-corrected chi connectivity index (χ0v) is 17.0. The molecule has 0 bridgehead atoms. The van der Waals surface area contributed by atoms with Gasteiger partial charge >= 0.3 is 0 Å². The quantitative estimate of drug-likeness (QED) is 0.530. The number of hydrogen-bond donors (Lipinski definition) is 2. The van der Waals surface area contributed by atoms with Crippen molar-refractivity contribution in [3.63, 3.8) is 0 Å². The van der Waals surface area contributed by atoms with Crippen molar-refractivity contribution in [3.05, 3.63) is 47.3 Å². The standard InChI is InChI=1S/C22H30N2O5/c1-17-13-20(29-24-17)7-5-3-2-4-6-12-27-19-10-8-18(9-11-19)21-23-22(14-25,15-26)16-28-21/h8-11,13,25-26H,2-7,12,14-16H2,1H3. The van der Waals surface area contributed by atoms with Gasteiger partial charge in [0.05, 0.1) is 25.5 Å². The van der Waals surface area contributed by atoms with E-state index in [0.717, 1.165) is 48.5 Å². The van der Waals surface area contributed by atoms with E-state index < -0.39 is 5.54 Å². The lowest BCUT2D eigenvalue weighted by Gasteiger charge is -2.16. The summed E-state index contributed by atoms with van der Waals surface area (Å²) in [6.07, 6.45) is 6.61. The maximum absolute atomic E-state index is 9.39. The fourth-order valence-corrected chi connectivity index (χ4v) is 3.19. The summed E-state index contributed by atoms with van der Waals surface area (Å²) in [5, 5.41) is 22.7. The fourth-order valence-electron chi connectivity index (χ4n) is 3.19. The van der Waals surface area contributed by atoms with Gasteiger partial charge in [0.2, 0.25) is 5.90 Å². The second-order valence-electron chi connectivity index (χ2n) is 7.57. The summed E-state index contributed by atoms with van der Waals surface area (Å²) in [4.78, 5) is 4.33. The van der Waals surface area contributed by atoms with Crippen molar-refractivity contribution >= 4 is 5.90 Å². The molecule has 1 aromatic heterocycles. The van der Waals surface area contributed by atoms with Gasteiger partial charge in [-0.1, -0.05) is 24.4 Å². The Morgan fingerprint density at radius 3 is 2.41 bits per heavy atom. The second-order valence-corrected chi connectivity index (χ2v) is 7.57. The molecule has 1 aliphatic rings. The van der Waals surface area contributed by atoms with E-state index in [9.17, 15) is 10.2 Å². The summed E-state index contributed by atoms with van der Waals surface area (Å²) in [6, 6.07) is 9.53. The summed E-state index contributed by atoms with van der Waals surface area (Å²) in [6.45, 7) is 2.33. The van der Waals surface area contributed by atoms with Crippen LogP contribution in [0.5, 0.6) is 5.75 Å². The molecule has 0 atom stereocenters. The van der Waals surface area contributed by atoms with Crippen LogP contribution in [0, 0.1) is 6.92 Å². The van der Waals surface area contributed by atoms with Crippen molar-refractivity contribution in [1.82, 2.24) is 5.16 Å². The maximum atomic E-state index is 9.39. The third kappa shape index (κ3) is 6.05. The van der Waals surface area contributed by atoms with Crippen molar-refractivity contribution < 1.29 is 24.2 Å². The number of aliphatic imine (C=N–C) groups is 1. The molecular formula is C22H30N2O5. The summed E-state index contributed by atoms with van der Waals surface area (Å²) in [5.41, 5.74) is 0.818. The number of aliphatic hydroxyl groups is 2. The SMILES string of the molecule is Cc1cc(CCCCCCCOc2ccc(C3=NC(CO)(CO)CO3)cc2)on1. The van der Waals surface area contributed by atoms with E-state index in [-0.39, 0.29) is 19.8 Å². The highest BCUT2D eigenvalue weighted by Gasteiger charge is 2.36. The van der Waals surface area contributed by atoms with E-state index >= 15 is 0 Å². The molecule has 29 heavy (non-hydrogen) atoms. The average Bonchev–Trinajstić information content (AvgIpc) is 3.37. The molecule has 0 amide bonds. The first-order valence-electron chi connectivity index (χ1n) is 10.2. The van der Waals surface area contributed by atoms with Gasteiger partial charge in [-0.3, -0.25) is 0 Å². The number of unbranched alkanes of at least 4 members (excludes halogenated alkanes) is 4. The van der Waals surface area contributed by atoms with Crippen molar-refractivity contribution in [2.75, 3.05) is 26.4 Å². The van der Waals surface area contributed by atoms with Crippen molar-refractivity contribution in [2.24, 2.45) is 4.99 Å². The molecule has 0 saturated heterocycles. The predicted molar refractivity (Wildman–Crippen MR) is 109 cm³/mol. The monoisotopic (exact) mass is 402 g/mol. The van der Waals surface area contributed by atoms with Crippen LogP contribution in [-0.4, -0.2) is 53.2 Å². The Morgan fingerprint density at radius 2 is 1.76 bits per heavy atom. The number of ether oxygens (including phenoxy) is 2. The molecule has 2 aromatic rings. The number of benzene rings is 1. The van der Waals surface area contributed by atoms with Gasteiger partial charge in [-0.2, -0.15) is 0 Å². The average molecular weight is 402 g/mol. The normalized spacial score (nSPS) is 15.2. The Bertz CT molecular complexity index is 781. The molecule has 7 nitrogen and oxygen atoms in total. The lowest BCUT2D eigenvalue weighted by Crippen LogP contribution is -2.37. The van der Waals surface area contributed by atoms with Crippen molar-refractivity contribution in [1.29, 1.82) is 0 Å². The van der Waals surface area contributed by atoms with E-state index in [1.165, 1.54) is 12.8 Å². The molecule has 3 rings (SSSR count). The van der Waals surface area contributed by atoms with Crippen molar-refractivity contribution in [2.45, 2.75) is 51.0 Å². The van der Waals surface area contributed by atoms with Crippen LogP contribution in [-0.2, 0) is 11.2 Å². The molecule has 2 heterocycles. The van der Waals surface area contributed by atoms with Gasteiger partial charge in [-0.15, -0.1) is 0 Å². The van der Waals surface area contributed by atoms with Crippen LogP contribution in [0.15, 0.2) is 39.8 Å². The summed E-state index contributed by atoms with van der Waals surface area (Å²) >= 11 is 0. The molecule has 1 aromatic carbocycles. The van der Waals surface area contributed by atoms with Gasteiger partial charge in [0.25, 0.3) is 0 Å². The molecule has 0 aliphatic carbocycles. The molecule has 2 N–H and O–H groups in total. The first-order valence-corrected chi connectivity index (χ1v) is 10.2. The lowest BCUT2D eigenvalue weighted by molar-refractivity contribution is 0.0977. The van der Waals surface area contributed by atoms with Gasteiger partial charge in [0.15, 0.2) is 0 Å². The Morgan fingerprint density at radius 1 is 1.03 bits per heavy atom. The summed E-state index contributed by atoms with van der Waals surface area (Å²) < 4.78 is 16.5. The van der Waals surface area contributed by atoms with Gasteiger partial charge < -0.3 is 24.2 Å². The molecule has 0 unspecified atom stereocenters. The maximum Gasteiger partial charge on any atom is 0.217 e. The Kier molecular flexibility index (Phi) is 7.66. The predicted octanol–water partition coefficient (Wildman–Crippen LogP) is 3.06. The van der Waals surface area contributed by atoms with Crippen LogP contribution >= 0.6 is 0 Å². The number of aromatic nitrogens is 1. The molecule has 0 saturated carbocycles. The highest BCUT2D eigenvalue weighted by atomic mass is 16.5. The minimum Gasteiger partial charge on any atom is -0.494 e. The lowest BCUT2D eigenvalue weighted by atomic mass is 10.1. The van der Waals surface area contributed by atoms with Crippen LogP contribution in [0.3, 0.4) is 0 Å². The molecular weight excluding hydrogens is 372 g/mol. The number of rotatable bonds is 12. The highest BCUT2D eigenvalue weighted by molar-refractivity contribution is 5.95. The third-order valence-electron chi connectivity index (χ3n) is 5.02. The molecule has 0 spiro atoms. The van der Waals surface area contributed by atoms with Crippen LogP contribution in [0.4, 0.5) is 0 Å². The van der Waals surface area contributed by atoms with Gasteiger partial charge in [0, 0.05) is 18.1 Å². The summed E-state index contributed by atoms with van der Waals surface area (Å²) in [7, 11) is 0. The number of aryl methyl sites for hydroxylation is 2. The molecule has 158 valence electrons. The first kappa shape index (κ1) is 21.3. The van der Waals surface area contributed by atoms with Crippen LogP contribution in [0.2, 0.25) is 0 Å². The van der Waals surface area contributed by atoms with Gasteiger partial charge in [-0.05, 0) is 44.0 Å². The van der Waals surface area contributed by atoms with Gasteiger partial charge in [-0.25, -0.2) is 4.99 Å². The zero-order valence-electron chi connectivity index (χ0n) is 17.0. The van der Waals surface area contributed by atoms with E-state index in [4.69, 9.17) is 14.0 Å². The van der Waals surface area contributed by atoms with Crippen molar-refractivity contribution in [3.8, 4) is 5.75 Å². The Hall–Kier alpha value is -2.38. The van der Waals surface area contributed by atoms with Crippen LogP contribution in [0.25, 0.3) is 0 Å².